The molecule has 0 spiro atoms. The number of aryl methyl sites for hydroxylation is 1. The van der Waals surface area contributed by atoms with Crippen molar-refractivity contribution in [1.82, 2.24) is 15.1 Å². The molecule has 1 rings (SSSR count). The summed E-state index contributed by atoms with van der Waals surface area (Å²) in [6.07, 6.45) is 2.24. The zero-order chi connectivity index (χ0) is 14.3. The van der Waals surface area contributed by atoms with Crippen molar-refractivity contribution in [2.45, 2.75) is 32.9 Å². The number of nitrogens with two attached hydrogens (primary N) is 1. The van der Waals surface area contributed by atoms with Crippen LogP contribution in [0.5, 0.6) is 0 Å². The van der Waals surface area contributed by atoms with E-state index in [1.54, 1.807) is 0 Å². The Hall–Kier alpha value is -1.63. The van der Waals surface area contributed by atoms with E-state index in [4.69, 9.17) is 10.5 Å². The Labute approximate surface area is 112 Å². The molecular weight excluding hydrogens is 251 g/mol. The van der Waals surface area contributed by atoms with Gasteiger partial charge in [0, 0.05) is 13.2 Å². The number of carbonyl (C=O) groups is 1. The van der Waals surface area contributed by atoms with Crippen LogP contribution >= 0.6 is 0 Å². The van der Waals surface area contributed by atoms with Gasteiger partial charge < -0.3 is 15.8 Å². The van der Waals surface area contributed by atoms with Crippen LogP contribution in [0.2, 0.25) is 0 Å². The number of halogens is 1. The largest absolute Gasteiger partial charge is 0.396 e. The first-order valence-corrected chi connectivity index (χ1v) is 6.33. The van der Waals surface area contributed by atoms with Gasteiger partial charge in [-0.25, -0.2) is 4.39 Å². The molecule has 0 saturated carbocycles. The Bertz CT molecular complexity index is 406. The zero-order valence-corrected chi connectivity index (χ0v) is 11.4. The number of hydrogen-bond donors (Lipinski definition) is 2. The van der Waals surface area contributed by atoms with Crippen molar-refractivity contribution in [3.63, 3.8) is 0 Å². The molecule has 0 fully saturated rings. The van der Waals surface area contributed by atoms with E-state index in [2.05, 4.69) is 10.4 Å². The van der Waals surface area contributed by atoms with Crippen molar-refractivity contribution in [2.75, 3.05) is 25.6 Å². The topological polar surface area (TPSA) is 82.2 Å². The van der Waals surface area contributed by atoms with Crippen molar-refractivity contribution in [2.24, 2.45) is 0 Å². The van der Waals surface area contributed by atoms with Crippen LogP contribution in [0.1, 0.15) is 30.8 Å². The SMILES string of the molecule is CC(C)OCCCNC(=O)c1c(N)cnn1CCF. The molecule has 0 aromatic carbocycles. The summed E-state index contributed by atoms with van der Waals surface area (Å²) in [5, 5.41) is 6.58. The lowest BCUT2D eigenvalue weighted by Gasteiger charge is -2.09. The molecule has 1 aromatic heterocycles. The predicted molar refractivity (Wildman–Crippen MR) is 70.7 cm³/mol. The third kappa shape index (κ3) is 4.86. The first kappa shape index (κ1) is 15.4. The van der Waals surface area contributed by atoms with Crippen molar-refractivity contribution in [1.29, 1.82) is 0 Å². The quantitative estimate of drug-likeness (QED) is 0.691. The lowest BCUT2D eigenvalue weighted by molar-refractivity contribution is 0.0756. The van der Waals surface area contributed by atoms with Crippen LogP contribution in [0.3, 0.4) is 0 Å². The molecule has 0 aliphatic carbocycles. The van der Waals surface area contributed by atoms with Gasteiger partial charge in [-0.2, -0.15) is 5.10 Å². The molecule has 7 heteroatoms. The molecule has 1 heterocycles. The van der Waals surface area contributed by atoms with E-state index in [1.165, 1.54) is 10.9 Å². The van der Waals surface area contributed by atoms with Crippen molar-refractivity contribution in [3.05, 3.63) is 11.9 Å². The first-order valence-electron chi connectivity index (χ1n) is 6.33. The minimum atomic E-state index is -0.594. The second-order valence-electron chi connectivity index (χ2n) is 4.39. The summed E-state index contributed by atoms with van der Waals surface area (Å²) in [5.74, 6) is -0.340. The van der Waals surface area contributed by atoms with E-state index in [0.717, 1.165) is 0 Å². The second-order valence-corrected chi connectivity index (χ2v) is 4.39. The maximum Gasteiger partial charge on any atom is 0.271 e. The van der Waals surface area contributed by atoms with Crippen LogP contribution in [0.25, 0.3) is 0 Å². The zero-order valence-electron chi connectivity index (χ0n) is 11.4. The van der Waals surface area contributed by atoms with E-state index in [1.807, 2.05) is 13.8 Å². The monoisotopic (exact) mass is 272 g/mol. The molecule has 108 valence electrons. The molecule has 19 heavy (non-hydrogen) atoms. The maximum atomic E-state index is 12.3. The molecule has 0 saturated heterocycles. The van der Waals surface area contributed by atoms with Crippen LogP contribution in [0, 0.1) is 0 Å². The normalized spacial score (nSPS) is 10.9. The maximum absolute atomic E-state index is 12.3. The number of nitrogens with one attached hydrogen (secondary N) is 1. The molecule has 1 amide bonds. The summed E-state index contributed by atoms with van der Waals surface area (Å²) in [5.41, 5.74) is 6.12. The molecule has 0 aliphatic rings. The van der Waals surface area contributed by atoms with Gasteiger partial charge in [-0.15, -0.1) is 0 Å². The van der Waals surface area contributed by atoms with Crippen molar-refractivity contribution in [3.8, 4) is 0 Å². The van der Waals surface area contributed by atoms with Crippen molar-refractivity contribution >= 4 is 11.6 Å². The Morgan fingerprint density at radius 1 is 1.63 bits per heavy atom. The molecule has 3 N–H and O–H groups in total. The summed E-state index contributed by atoms with van der Waals surface area (Å²) in [4.78, 5) is 11.9. The number of amides is 1. The Balaban J connectivity index is 2.43. The van der Waals surface area contributed by atoms with E-state index in [9.17, 15) is 9.18 Å². The fourth-order valence-electron chi connectivity index (χ4n) is 1.57. The summed E-state index contributed by atoms with van der Waals surface area (Å²) in [6.45, 7) is 4.40. The predicted octanol–water partition coefficient (Wildman–Crippen LogP) is 0.980. The first-order chi connectivity index (χ1) is 9.06. The minimum Gasteiger partial charge on any atom is -0.396 e. The van der Waals surface area contributed by atoms with Gasteiger partial charge in [0.2, 0.25) is 0 Å². The third-order valence-electron chi connectivity index (χ3n) is 2.44. The molecule has 1 aromatic rings. The highest BCUT2D eigenvalue weighted by Gasteiger charge is 2.16. The van der Waals surface area contributed by atoms with Crippen LogP contribution < -0.4 is 11.1 Å². The number of alkyl halides is 1. The average molecular weight is 272 g/mol. The fourth-order valence-corrected chi connectivity index (χ4v) is 1.57. The lowest BCUT2D eigenvalue weighted by atomic mass is 10.3. The summed E-state index contributed by atoms with van der Waals surface area (Å²) < 4.78 is 18.9. The van der Waals surface area contributed by atoms with Gasteiger partial charge >= 0.3 is 0 Å². The number of carbonyl (C=O) groups excluding carboxylic acids is 1. The van der Waals surface area contributed by atoms with Gasteiger partial charge in [-0.05, 0) is 20.3 Å². The number of ether oxygens (including phenoxy) is 1. The number of anilines is 1. The van der Waals surface area contributed by atoms with Gasteiger partial charge in [0.25, 0.3) is 5.91 Å². The van der Waals surface area contributed by atoms with Crippen LogP contribution in [0.4, 0.5) is 10.1 Å². The van der Waals surface area contributed by atoms with Gasteiger partial charge in [-0.1, -0.05) is 0 Å². The second kappa shape index (κ2) is 7.73. The summed E-state index contributed by atoms with van der Waals surface area (Å²) >= 11 is 0. The Morgan fingerprint density at radius 3 is 3.00 bits per heavy atom. The van der Waals surface area contributed by atoms with E-state index in [-0.39, 0.29) is 29.9 Å². The molecule has 6 nitrogen and oxygen atoms in total. The van der Waals surface area contributed by atoms with Crippen LogP contribution in [-0.2, 0) is 11.3 Å². The van der Waals surface area contributed by atoms with Gasteiger partial charge in [0.15, 0.2) is 0 Å². The smallest absolute Gasteiger partial charge is 0.271 e. The number of aromatic nitrogens is 2. The van der Waals surface area contributed by atoms with Crippen LogP contribution in [-0.4, -0.2) is 41.6 Å². The van der Waals surface area contributed by atoms with E-state index < -0.39 is 6.67 Å². The molecule has 0 unspecified atom stereocenters. The minimum absolute atomic E-state index is 0.0242. The number of hydrogen-bond acceptors (Lipinski definition) is 4. The fraction of sp³-hybridized carbons (Fsp3) is 0.667. The van der Waals surface area contributed by atoms with Crippen molar-refractivity contribution < 1.29 is 13.9 Å². The molecule has 0 atom stereocenters. The summed E-state index contributed by atoms with van der Waals surface area (Å²) in [7, 11) is 0. The Morgan fingerprint density at radius 2 is 2.37 bits per heavy atom. The third-order valence-corrected chi connectivity index (χ3v) is 2.44. The van der Waals surface area contributed by atoms with Gasteiger partial charge in [0.05, 0.1) is 24.5 Å². The average Bonchev–Trinajstić information content (AvgIpc) is 2.70. The Kier molecular flexibility index (Phi) is 6.27. The molecular formula is C12H21FN4O2. The van der Waals surface area contributed by atoms with Crippen LogP contribution in [0.15, 0.2) is 6.20 Å². The van der Waals surface area contributed by atoms with E-state index >= 15 is 0 Å². The highest BCUT2D eigenvalue weighted by atomic mass is 19.1. The highest BCUT2D eigenvalue weighted by molar-refractivity contribution is 5.97. The lowest BCUT2D eigenvalue weighted by Crippen LogP contribution is -2.29. The molecule has 0 radical (unpaired) electrons. The number of nitrogen functional groups attached to an aromatic ring is 1. The number of nitrogens with zero attached hydrogens (tertiary/aromatic N) is 2. The number of rotatable bonds is 8. The highest BCUT2D eigenvalue weighted by Crippen LogP contribution is 2.10. The summed E-state index contributed by atoms with van der Waals surface area (Å²) in [6, 6.07) is 0. The molecule has 0 aliphatic heterocycles. The van der Waals surface area contributed by atoms with Gasteiger partial charge in [0.1, 0.15) is 12.4 Å². The van der Waals surface area contributed by atoms with E-state index in [0.29, 0.717) is 19.6 Å². The molecule has 0 bridgehead atoms. The standard InChI is InChI=1S/C12H21FN4O2/c1-9(2)19-7-3-5-15-12(18)11-10(14)8-16-17(11)6-4-13/h8-9H,3-7,14H2,1-2H3,(H,15,18). The van der Waals surface area contributed by atoms with Gasteiger partial charge in [-0.3, -0.25) is 9.48 Å².